The summed E-state index contributed by atoms with van der Waals surface area (Å²) in [6.07, 6.45) is -16.8. The standard InChI is InChI=1S/C23H3F9N6/c24-21(25,26)17-2-10(3-18(16(17)9-38)22(27,28)29)14(7-36)13-1-11(4-33)19(12(5-34)6-35)20(15(13)8-37)23(30,31)32/h1-3H/b14-13+. The molecule has 0 aliphatic rings. The lowest BCUT2D eigenvalue weighted by Crippen LogP contribution is -2.32. The quantitative estimate of drug-likeness (QED) is 0.500. The molecule has 0 fully saturated rings. The number of rotatable bonds is 1. The predicted molar refractivity (Wildman–Crippen MR) is 104 cm³/mol. The summed E-state index contributed by atoms with van der Waals surface area (Å²) in [6, 6.07) is 6.53. The first-order valence-electron chi connectivity index (χ1n) is 9.27. The molecule has 2 rings (SSSR count). The van der Waals surface area contributed by atoms with Gasteiger partial charge in [0, 0.05) is 10.4 Å². The number of hydrogen-bond donors (Lipinski definition) is 0. The third-order valence-electron chi connectivity index (χ3n) is 4.85. The van der Waals surface area contributed by atoms with Crippen LogP contribution in [0.2, 0.25) is 0 Å². The van der Waals surface area contributed by atoms with E-state index in [-0.39, 0.29) is 12.1 Å². The highest BCUT2D eigenvalue weighted by atomic mass is 19.4. The van der Waals surface area contributed by atoms with Crippen molar-refractivity contribution in [3.63, 3.8) is 0 Å². The van der Waals surface area contributed by atoms with Gasteiger partial charge >= 0.3 is 18.5 Å². The van der Waals surface area contributed by atoms with Gasteiger partial charge in [0.1, 0.15) is 35.9 Å². The number of nitrogens with zero attached hydrogens (tertiary/aromatic N) is 6. The maximum absolute atomic E-state index is 14.0. The molecular weight excluding hydrogens is 531 g/mol. The van der Waals surface area contributed by atoms with Crippen LogP contribution in [0.5, 0.6) is 0 Å². The van der Waals surface area contributed by atoms with Gasteiger partial charge in [0.15, 0.2) is 0 Å². The molecule has 0 saturated heterocycles. The minimum Gasteiger partial charge on any atom is -0.192 e. The van der Waals surface area contributed by atoms with Crippen molar-refractivity contribution in [3.8, 4) is 36.4 Å². The Morgan fingerprint density at radius 3 is 1.37 bits per heavy atom. The molecule has 188 valence electrons. The summed E-state index contributed by atoms with van der Waals surface area (Å²) in [6.45, 7) is 0. The summed E-state index contributed by atoms with van der Waals surface area (Å²) in [5.74, 6) is 0. The van der Waals surface area contributed by atoms with E-state index in [1.807, 2.05) is 0 Å². The highest BCUT2D eigenvalue weighted by molar-refractivity contribution is 5.81. The normalized spacial score (nSPS) is 12.1. The third-order valence-corrected chi connectivity index (χ3v) is 4.85. The summed E-state index contributed by atoms with van der Waals surface area (Å²) in [5, 5.41) is 52.9. The van der Waals surface area contributed by atoms with Gasteiger partial charge in [0.25, 0.3) is 0 Å². The van der Waals surface area contributed by atoms with E-state index in [4.69, 9.17) is 15.8 Å². The molecule has 0 radical (unpaired) electrons. The topological polar surface area (TPSA) is 143 Å². The minimum atomic E-state index is -5.60. The molecule has 0 aliphatic heterocycles. The SMILES string of the molecule is N#CC(C#N)=c1c(C#N)c/c(=C(/C#N)c2cc(C(F)(F)F)c(C#N)c(C(F)(F)F)c2)c(C#N)c1C(F)(F)F. The van der Waals surface area contributed by atoms with Gasteiger partial charge in [-0.15, -0.1) is 0 Å². The van der Waals surface area contributed by atoms with E-state index in [9.17, 15) is 55.3 Å². The Morgan fingerprint density at radius 1 is 0.579 bits per heavy atom. The molecule has 2 aromatic carbocycles. The monoisotopic (exact) mass is 534 g/mol. The molecule has 0 spiro atoms. The molecular formula is C23H3F9N6. The van der Waals surface area contributed by atoms with Crippen molar-refractivity contribution < 1.29 is 39.5 Å². The number of hydrogen-bond acceptors (Lipinski definition) is 6. The highest BCUT2D eigenvalue weighted by Crippen LogP contribution is 2.41. The van der Waals surface area contributed by atoms with Crippen LogP contribution in [0, 0.1) is 68.0 Å². The molecule has 0 heterocycles. The molecule has 0 aliphatic carbocycles. The zero-order valence-electron chi connectivity index (χ0n) is 17.8. The average Bonchev–Trinajstić information content (AvgIpc) is 2.82. The van der Waals surface area contributed by atoms with Gasteiger partial charge in [0.05, 0.1) is 45.0 Å². The van der Waals surface area contributed by atoms with Crippen molar-refractivity contribution in [2.24, 2.45) is 0 Å². The van der Waals surface area contributed by atoms with Crippen molar-refractivity contribution in [1.29, 1.82) is 31.6 Å². The van der Waals surface area contributed by atoms with E-state index in [0.717, 1.165) is 30.3 Å². The summed E-state index contributed by atoms with van der Waals surface area (Å²) in [4.78, 5) is 0. The summed E-state index contributed by atoms with van der Waals surface area (Å²) in [7, 11) is 0. The molecule has 0 atom stereocenters. The van der Waals surface area contributed by atoms with E-state index in [2.05, 4.69) is 0 Å². The number of benzene rings is 2. The van der Waals surface area contributed by atoms with Gasteiger partial charge in [-0.05, 0) is 23.8 Å². The Kier molecular flexibility index (Phi) is 7.45. The molecule has 0 aromatic heterocycles. The van der Waals surface area contributed by atoms with Crippen molar-refractivity contribution in [2.75, 3.05) is 0 Å². The van der Waals surface area contributed by atoms with Crippen molar-refractivity contribution in [3.05, 3.63) is 67.6 Å². The van der Waals surface area contributed by atoms with E-state index >= 15 is 0 Å². The molecule has 0 saturated carbocycles. The zero-order chi connectivity index (χ0) is 29.2. The van der Waals surface area contributed by atoms with E-state index in [1.165, 1.54) is 6.07 Å². The molecule has 0 unspecified atom stereocenters. The van der Waals surface area contributed by atoms with Crippen LogP contribution in [0.4, 0.5) is 39.5 Å². The summed E-state index contributed by atoms with van der Waals surface area (Å²) < 4.78 is 123. The van der Waals surface area contributed by atoms with Crippen molar-refractivity contribution in [1.82, 2.24) is 0 Å². The highest BCUT2D eigenvalue weighted by Gasteiger charge is 2.42. The Balaban J connectivity index is 3.47. The fraction of sp³-hybridized carbons (Fsp3) is 0.130. The Morgan fingerprint density at radius 2 is 1.05 bits per heavy atom. The average molecular weight is 534 g/mol. The Bertz CT molecular complexity index is 1680. The summed E-state index contributed by atoms with van der Waals surface area (Å²) in [5.41, 5.74) is -14.9. The van der Waals surface area contributed by atoms with E-state index in [0.29, 0.717) is 6.07 Å². The first kappa shape index (κ1) is 28.7. The van der Waals surface area contributed by atoms with Gasteiger partial charge in [0.2, 0.25) is 0 Å². The lowest BCUT2D eigenvalue weighted by Gasteiger charge is -2.17. The lowest BCUT2D eigenvalue weighted by atomic mass is 9.89. The van der Waals surface area contributed by atoms with Crippen LogP contribution in [0.15, 0.2) is 18.2 Å². The van der Waals surface area contributed by atoms with Gasteiger partial charge in [-0.25, -0.2) is 0 Å². The number of nitriles is 6. The van der Waals surface area contributed by atoms with E-state index in [1.54, 1.807) is 0 Å². The molecule has 6 nitrogen and oxygen atoms in total. The smallest absolute Gasteiger partial charge is 0.192 e. The van der Waals surface area contributed by atoms with E-state index < -0.39 is 79.1 Å². The first-order valence-corrected chi connectivity index (χ1v) is 9.27. The van der Waals surface area contributed by atoms with Crippen LogP contribution in [-0.2, 0) is 18.5 Å². The Hall–Kier alpha value is -5.51. The predicted octanol–water partition coefficient (Wildman–Crippen LogP) is 4.28. The second kappa shape index (κ2) is 9.86. The number of alkyl halides is 9. The second-order valence-electron chi connectivity index (χ2n) is 6.96. The maximum atomic E-state index is 14.0. The molecule has 38 heavy (non-hydrogen) atoms. The largest absolute Gasteiger partial charge is 0.418 e. The van der Waals surface area contributed by atoms with Gasteiger partial charge in [-0.2, -0.15) is 71.1 Å². The molecule has 0 bridgehead atoms. The molecule has 0 N–H and O–H groups in total. The van der Waals surface area contributed by atoms with Crippen LogP contribution in [-0.4, -0.2) is 0 Å². The lowest BCUT2D eigenvalue weighted by molar-refractivity contribution is -0.143. The first-order chi connectivity index (χ1) is 17.5. The van der Waals surface area contributed by atoms with Crippen LogP contribution >= 0.6 is 0 Å². The van der Waals surface area contributed by atoms with Crippen molar-refractivity contribution >= 4 is 11.1 Å². The van der Waals surface area contributed by atoms with Crippen LogP contribution in [0.25, 0.3) is 11.1 Å². The second-order valence-corrected chi connectivity index (χ2v) is 6.96. The fourth-order valence-electron chi connectivity index (χ4n) is 3.40. The van der Waals surface area contributed by atoms with Gasteiger partial charge < -0.3 is 0 Å². The maximum Gasteiger partial charge on any atom is 0.418 e. The number of halogens is 9. The summed E-state index contributed by atoms with van der Waals surface area (Å²) >= 11 is 0. The van der Waals surface area contributed by atoms with Crippen LogP contribution in [0.3, 0.4) is 0 Å². The van der Waals surface area contributed by atoms with Crippen LogP contribution in [0.1, 0.15) is 38.9 Å². The minimum absolute atomic E-state index is 0.0944. The molecule has 15 heteroatoms. The van der Waals surface area contributed by atoms with Crippen molar-refractivity contribution in [2.45, 2.75) is 18.5 Å². The fourth-order valence-corrected chi connectivity index (χ4v) is 3.40. The Labute approximate surface area is 205 Å². The third kappa shape index (κ3) is 5.05. The van der Waals surface area contributed by atoms with Crippen LogP contribution < -0.4 is 10.4 Å². The molecule has 2 aromatic rings. The zero-order valence-corrected chi connectivity index (χ0v) is 17.8. The van der Waals surface area contributed by atoms with Gasteiger partial charge in [-0.3, -0.25) is 0 Å². The molecule has 0 amide bonds. The van der Waals surface area contributed by atoms with Gasteiger partial charge in [-0.1, -0.05) is 0 Å².